The van der Waals surface area contributed by atoms with Crippen LogP contribution in [0, 0.1) is 6.92 Å². The Labute approximate surface area is 165 Å². The van der Waals surface area contributed by atoms with Crippen molar-refractivity contribution in [1.82, 2.24) is 15.5 Å². The minimum Gasteiger partial charge on any atom is -0.379 e. The standard InChI is InChI=1S/C20H27N3OS2/c1-16-5-7-17(8-6-16)19(18-4-2-15-26-18)22-20(25)21-9-3-10-23-11-13-24-14-12-23/h2,4-8,15,19H,3,9-14H2,1H3,(H2,21,22,25)/t19-/m1/s1. The first kappa shape index (κ1) is 19.3. The molecular formula is C20H27N3OS2. The van der Waals surface area contributed by atoms with Crippen molar-refractivity contribution in [3.63, 3.8) is 0 Å². The first-order chi connectivity index (χ1) is 12.7. The van der Waals surface area contributed by atoms with Crippen LogP contribution in [0.3, 0.4) is 0 Å². The van der Waals surface area contributed by atoms with Gasteiger partial charge in [0.1, 0.15) is 0 Å². The Balaban J connectivity index is 1.50. The average Bonchev–Trinajstić information content (AvgIpc) is 3.19. The molecule has 0 bridgehead atoms. The summed E-state index contributed by atoms with van der Waals surface area (Å²) in [6.07, 6.45) is 1.08. The maximum Gasteiger partial charge on any atom is 0.167 e. The van der Waals surface area contributed by atoms with Crippen LogP contribution in [0.4, 0.5) is 0 Å². The van der Waals surface area contributed by atoms with Crippen molar-refractivity contribution in [2.45, 2.75) is 19.4 Å². The second-order valence-electron chi connectivity index (χ2n) is 6.57. The van der Waals surface area contributed by atoms with E-state index in [0.29, 0.717) is 5.11 Å². The molecule has 2 aromatic rings. The fraction of sp³-hybridized carbons (Fsp3) is 0.450. The quantitative estimate of drug-likeness (QED) is 0.561. The zero-order chi connectivity index (χ0) is 18.2. The largest absolute Gasteiger partial charge is 0.379 e. The second kappa shape index (κ2) is 10.0. The van der Waals surface area contributed by atoms with E-state index in [1.54, 1.807) is 11.3 Å². The van der Waals surface area contributed by atoms with Gasteiger partial charge in [-0.25, -0.2) is 0 Å². The van der Waals surface area contributed by atoms with Crippen LogP contribution in [0.25, 0.3) is 0 Å². The zero-order valence-corrected chi connectivity index (χ0v) is 16.9. The fourth-order valence-corrected chi connectivity index (χ4v) is 4.07. The number of nitrogens with one attached hydrogen (secondary N) is 2. The molecule has 6 heteroatoms. The lowest BCUT2D eigenvalue weighted by molar-refractivity contribution is 0.0376. The molecule has 0 spiro atoms. The van der Waals surface area contributed by atoms with E-state index in [1.165, 1.54) is 16.0 Å². The van der Waals surface area contributed by atoms with E-state index in [4.69, 9.17) is 17.0 Å². The summed E-state index contributed by atoms with van der Waals surface area (Å²) in [6, 6.07) is 13.0. The van der Waals surface area contributed by atoms with Crippen LogP contribution in [0.5, 0.6) is 0 Å². The van der Waals surface area contributed by atoms with Crippen molar-refractivity contribution in [3.05, 3.63) is 57.8 Å². The molecule has 1 saturated heterocycles. The van der Waals surface area contributed by atoms with Gasteiger partial charge in [-0.2, -0.15) is 0 Å². The zero-order valence-electron chi connectivity index (χ0n) is 15.2. The number of ether oxygens (including phenoxy) is 1. The molecule has 1 aliphatic rings. The third kappa shape index (κ3) is 5.77. The highest BCUT2D eigenvalue weighted by molar-refractivity contribution is 7.80. The van der Waals surface area contributed by atoms with E-state index in [9.17, 15) is 0 Å². The van der Waals surface area contributed by atoms with Crippen LogP contribution < -0.4 is 10.6 Å². The predicted molar refractivity (Wildman–Crippen MR) is 113 cm³/mol. The summed E-state index contributed by atoms with van der Waals surface area (Å²) >= 11 is 7.30. The Morgan fingerprint density at radius 1 is 1.23 bits per heavy atom. The van der Waals surface area contributed by atoms with Crippen molar-refractivity contribution in [3.8, 4) is 0 Å². The van der Waals surface area contributed by atoms with Crippen LogP contribution in [-0.4, -0.2) is 49.4 Å². The Hall–Kier alpha value is -1.47. The van der Waals surface area contributed by atoms with E-state index >= 15 is 0 Å². The summed E-state index contributed by atoms with van der Waals surface area (Å²) in [5.41, 5.74) is 2.50. The maximum absolute atomic E-state index is 5.55. The van der Waals surface area contributed by atoms with Gasteiger partial charge in [-0.15, -0.1) is 11.3 Å². The lowest BCUT2D eigenvalue weighted by Crippen LogP contribution is -2.40. The van der Waals surface area contributed by atoms with Gasteiger partial charge in [0.25, 0.3) is 0 Å². The van der Waals surface area contributed by atoms with Crippen molar-refractivity contribution < 1.29 is 4.74 Å². The molecule has 2 heterocycles. The molecule has 140 valence electrons. The maximum atomic E-state index is 5.55. The first-order valence-electron chi connectivity index (χ1n) is 9.17. The Kier molecular flexibility index (Phi) is 7.43. The highest BCUT2D eigenvalue weighted by atomic mass is 32.1. The van der Waals surface area contributed by atoms with E-state index in [-0.39, 0.29) is 6.04 Å². The minimum absolute atomic E-state index is 0.0924. The number of nitrogens with zero attached hydrogens (tertiary/aromatic N) is 1. The number of aryl methyl sites for hydroxylation is 1. The van der Waals surface area contributed by atoms with Gasteiger partial charge in [0.05, 0.1) is 19.3 Å². The minimum atomic E-state index is 0.0924. The molecule has 3 rings (SSSR count). The van der Waals surface area contributed by atoms with Gasteiger partial charge in [0, 0.05) is 24.5 Å². The van der Waals surface area contributed by atoms with Crippen molar-refractivity contribution in [1.29, 1.82) is 0 Å². The molecule has 0 saturated carbocycles. The number of morpholine rings is 1. The van der Waals surface area contributed by atoms with Crippen LogP contribution in [0.15, 0.2) is 41.8 Å². The van der Waals surface area contributed by atoms with Crippen LogP contribution in [0.2, 0.25) is 0 Å². The first-order valence-corrected chi connectivity index (χ1v) is 10.5. The third-order valence-electron chi connectivity index (χ3n) is 4.55. The molecular weight excluding hydrogens is 362 g/mol. The van der Waals surface area contributed by atoms with E-state index in [0.717, 1.165) is 45.8 Å². The summed E-state index contributed by atoms with van der Waals surface area (Å²) in [4.78, 5) is 3.72. The third-order valence-corrected chi connectivity index (χ3v) is 5.75. The molecule has 0 amide bonds. The summed E-state index contributed by atoms with van der Waals surface area (Å²) < 4.78 is 5.39. The number of hydrogen-bond acceptors (Lipinski definition) is 4. The van der Waals surface area contributed by atoms with Gasteiger partial charge in [-0.05, 0) is 49.1 Å². The number of benzene rings is 1. The van der Waals surface area contributed by atoms with E-state index in [1.807, 2.05) is 0 Å². The molecule has 26 heavy (non-hydrogen) atoms. The summed E-state index contributed by atoms with van der Waals surface area (Å²) in [6.45, 7) is 7.86. The van der Waals surface area contributed by atoms with Crippen molar-refractivity contribution in [2.75, 3.05) is 39.4 Å². The van der Waals surface area contributed by atoms with Crippen molar-refractivity contribution in [2.24, 2.45) is 0 Å². The molecule has 0 unspecified atom stereocenters. The molecule has 0 radical (unpaired) electrons. The van der Waals surface area contributed by atoms with Gasteiger partial charge < -0.3 is 15.4 Å². The molecule has 1 atom stereocenters. The van der Waals surface area contributed by atoms with Crippen molar-refractivity contribution >= 4 is 28.7 Å². The Morgan fingerprint density at radius 2 is 2.00 bits per heavy atom. The number of thiocarbonyl (C=S) groups is 1. The SMILES string of the molecule is Cc1ccc([C@@H](NC(=S)NCCCN2CCOCC2)c2cccs2)cc1. The Bertz CT molecular complexity index is 667. The molecule has 1 aromatic carbocycles. The molecule has 0 aliphatic carbocycles. The lowest BCUT2D eigenvalue weighted by atomic mass is 10.0. The monoisotopic (exact) mass is 389 g/mol. The molecule has 1 aliphatic heterocycles. The van der Waals surface area contributed by atoms with Gasteiger partial charge >= 0.3 is 0 Å². The molecule has 1 fully saturated rings. The van der Waals surface area contributed by atoms with Gasteiger partial charge in [-0.3, -0.25) is 4.90 Å². The summed E-state index contributed by atoms with van der Waals surface area (Å²) in [7, 11) is 0. The Morgan fingerprint density at radius 3 is 2.69 bits per heavy atom. The van der Waals surface area contributed by atoms with Gasteiger partial charge in [-0.1, -0.05) is 35.9 Å². The molecule has 1 aromatic heterocycles. The highest BCUT2D eigenvalue weighted by Crippen LogP contribution is 2.26. The number of hydrogen-bond donors (Lipinski definition) is 2. The van der Waals surface area contributed by atoms with E-state index < -0.39 is 0 Å². The predicted octanol–water partition coefficient (Wildman–Crippen LogP) is 3.33. The van der Waals surface area contributed by atoms with Gasteiger partial charge in [0.15, 0.2) is 5.11 Å². The normalized spacial score (nSPS) is 16.2. The van der Waals surface area contributed by atoms with Gasteiger partial charge in [0.2, 0.25) is 0 Å². The molecule has 4 nitrogen and oxygen atoms in total. The highest BCUT2D eigenvalue weighted by Gasteiger charge is 2.16. The lowest BCUT2D eigenvalue weighted by Gasteiger charge is -2.26. The average molecular weight is 390 g/mol. The second-order valence-corrected chi connectivity index (χ2v) is 7.95. The van der Waals surface area contributed by atoms with E-state index in [2.05, 4.69) is 64.2 Å². The molecule has 2 N–H and O–H groups in total. The smallest absolute Gasteiger partial charge is 0.167 e. The van der Waals surface area contributed by atoms with Crippen LogP contribution in [-0.2, 0) is 4.74 Å². The number of thiophene rings is 1. The van der Waals surface area contributed by atoms with Crippen LogP contribution in [0.1, 0.15) is 28.5 Å². The summed E-state index contributed by atoms with van der Waals surface area (Å²) in [5.74, 6) is 0. The topological polar surface area (TPSA) is 36.5 Å². The van der Waals surface area contributed by atoms with Crippen LogP contribution >= 0.6 is 23.6 Å². The number of rotatable bonds is 7. The summed E-state index contributed by atoms with van der Waals surface area (Å²) in [5, 5.41) is 9.68. The fourth-order valence-electron chi connectivity index (χ4n) is 3.04.